The number of halogens is 1. The van der Waals surface area contributed by atoms with Gasteiger partial charge in [0.1, 0.15) is 6.33 Å². The lowest BCUT2D eigenvalue weighted by Crippen LogP contribution is -2.26. The molecule has 0 saturated carbocycles. The van der Waals surface area contributed by atoms with Crippen molar-refractivity contribution in [3.8, 4) is 5.75 Å². The number of carbonyl (C=O) groups excluding carboxylic acids is 1. The van der Waals surface area contributed by atoms with Gasteiger partial charge in [-0.05, 0) is 5.56 Å². The number of aromatic nitrogens is 4. The van der Waals surface area contributed by atoms with Crippen molar-refractivity contribution in [2.45, 2.75) is 6.54 Å². The van der Waals surface area contributed by atoms with Crippen LogP contribution in [0.5, 0.6) is 5.75 Å². The average Bonchev–Trinajstić information content (AvgIpc) is 2.98. The van der Waals surface area contributed by atoms with Crippen LogP contribution in [0.25, 0.3) is 5.78 Å². The summed E-state index contributed by atoms with van der Waals surface area (Å²) in [6.45, 7) is 0.357. The molecule has 0 bridgehead atoms. The van der Waals surface area contributed by atoms with Gasteiger partial charge in [0.15, 0.2) is 10.9 Å². The van der Waals surface area contributed by atoms with Crippen LogP contribution in [-0.4, -0.2) is 25.7 Å². The third kappa shape index (κ3) is 2.92. The zero-order chi connectivity index (χ0) is 14.7. The van der Waals surface area contributed by atoms with Crippen LogP contribution in [0, 0.1) is 0 Å². The Morgan fingerprint density at radius 1 is 1.29 bits per heavy atom. The van der Waals surface area contributed by atoms with Crippen molar-refractivity contribution in [2.24, 2.45) is 0 Å². The fourth-order valence-corrected chi connectivity index (χ4v) is 1.92. The van der Waals surface area contributed by atoms with Crippen LogP contribution in [-0.2, 0) is 6.54 Å². The third-order valence-corrected chi connectivity index (χ3v) is 3.05. The van der Waals surface area contributed by atoms with Crippen LogP contribution in [0.2, 0.25) is 5.15 Å². The summed E-state index contributed by atoms with van der Waals surface area (Å²) in [7, 11) is 0. The molecule has 2 aromatic heterocycles. The molecule has 0 aliphatic heterocycles. The first-order chi connectivity index (χ1) is 10.2. The van der Waals surface area contributed by atoms with Crippen molar-refractivity contribution in [3.63, 3.8) is 0 Å². The normalized spacial score (nSPS) is 10.5. The molecule has 0 aliphatic carbocycles. The molecule has 0 unspecified atom stereocenters. The summed E-state index contributed by atoms with van der Waals surface area (Å²) in [6, 6.07) is 9.48. The van der Waals surface area contributed by atoms with E-state index >= 15 is 0 Å². The monoisotopic (exact) mass is 303 g/mol. The van der Waals surface area contributed by atoms with E-state index in [2.05, 4.69) is 20.4 Å². The minimum absolute atomic E-state index is 0.111. The van der Waals surface area contributed by atoms with Gasteiger partial charge in [0.05, 0.1) is 6.20 Å². The highest BCUT2D eigenvalue weighted by atomic mass is 35.5. The summed E-state index contributed by atoms with van der Waals surface area (Å²) < 4.78 is 6.39. The van der Waals surface area contributed by atoms with Crippen molar-refractivity contribution in [1.29, 1.82) is 0 Å². The molecule has 1 amide bonds. The van der Waals surface area contributed by atoms with E-state index in [9.17, 15) is 4.79 Å². The number of ether oxygens (including phenoxy) is 1. The zero-order valence-corrected chi connectivity index (χ0v) is 11.5. The smallest absolute Gasteiger partial charge is 0.405 e. The molecule has 3 rings (SSSR count). The molecule has 1 aromatic carbocycles. The lowest BCUT2D eigenvalue weighted by Gasteiger charge is -2.08. The number of carbonyl (C=O) groups is 1. The summed E-state index contributed by atoms with van der Waals surface area (Å²) in [5.41, 5.74) is 0.963. The van der Waals surface area contributed by atoms with E-state index in [-0.39, 0.29) is 10.9 Å². The topological polar surface area (TPSA) is 81.4 Å². The highest BCUT2D eigenvalue weighted by Gasteiger charge is 2.13. The molecule has 21 heavy (non-hydrogen) atoms. The minimum Gasteiger partial charge on any atom is -0.405 e. The number of hydrogen-bond acceptors (Lipinski definition) is 5. The first-order valence-corrected chi connectivity index (χ1v) is 6.45. The highest BCUT2D eigenvalue weighted by molar-refractivity contribution is 6.31. The van der Waals surface area contributed by atoms with Crippen LogP contribution in [0.3, 0.4) is 0 Å². The Balaban J connectivity index is 1.67. The molecule has 0 aliphatic rings. The van der Waals surface area contributed by atoms with Gasteiger partial charge >= 0.3 is 6.09 Å². The van der Waals surface area contributed by atoms with Gasteiger partial charge in [-0.1, -0.05) is 41.9 Å². The fourth-order valence-electron chi connectivity index (χ4n) is 1.71. The molecule has 7 nitrogen and oxygen atoms in total. The Morgan fingerprint density at radius 3 is 2.90 bits per heavy atom. The molecule has 1 N–H and O–H groups in total. The summed E-state index contributed by atoms with van der Waals surface area (Å²) in [4.78, 5) is 19.6. The second kappa shape index (κ2) is 5.76. The van der Waals surface area contributed by atoms with Crippen LogP contribution in [0.1, 0.15) is 5.56 Å². The largest absolute Gasteiger partial charge is 0.413 e. The molecule has 0 radical (unpaired) electrons. The lowest BCUT2D eigenvalue weighted by atomic mass is 10.2. The number of hydrogen-bond donors (Lipinski definition) is 1. The van der Waals surface area contributed by atoms with E-state index in [0.29, 0.717) is 12.3 Å². The summed E-state index contributed by atoms with van der Waals surface area (Å²) in [5, 5.41) is 6.63. The average molecular weight is 304 g/mol. The van der Waals surface area contributed by atoms with Gasteiger partial charge in [-0.15, -0.1) is 0 Å². The standard InChI is InChI=1S/C13H10ClN5O2/c14-11-10(7-15-12-17-8-18-19(11)12)21-13(20)16-6-9-4-2-1-3-5-9/h1-5,7-8H,6H2,(H,16,20). The maximum absolute atomic E-state index is 11.7. The third-order valence-electron chi connectivity index (χ3n) is 2.70. The second-order valence-electron chi connectivity index (χ2n) is 4.11. The van der Waals surface area contributed by atoms with E-state index in [1.165, 1.54) is 17.0 Å². The van der Waals surface area contributed by atoms with Crippen LogP contribution >= 0.6 is 11.6 Å². The quantitative estimate of drug-likeness (QED) is 0.749. The Kier molecular flexibility index (Phi) is 3.65. The van der Waals surface area contributed by atoms with Gasteiger partial charge in [-0.25, -0.2) is 9.78 Å². The Hall–Kier alpha value is -2.67. The van der Waals surface area contributed by atoms with E-state index in [4.69, 9.17) is 16.3 Å². The molecule has 0 fully saturated rings. The van der Waals surface area contributed by atoms with Gasteiger partial charge in [0, 0.05) is 6.54 Å². The first kappa shape index (κ1) is 13.3. The molecule has 2 heterocycles. The van der Waals surface area contributed by atoms with E-state index in [1.807, 2.05) is 30.3 Å². The van der Waals surface area contributed by atoms with Crippen LogP contribution < -0.4 is 10.1 Å². The Morgan fingerprint density at radius 2 is 2.10 bits per heavy atom. The van der Waals surface area contributed by atoms with E-state index in [0.717, 1.165) is 5.56 Å². The first-order valence-electron chi connectivity index (χ1n) is 6.08. The van der Waals surface area contributed by atoms with Gasteiger partial charge in [-0.3, -0.25) is 0 Å². The molecule has 3 aromatic rings. The number of fused-ring (bicyclic) bond motifs is 1. The van der Waals surface area contributed by atoms with Crippen molar-refractivity contribution < 1.29 is 9.53 Å². The molecule has 0 saturated heterocycles. The molecular formula is C13H10ClN5O2. The highest BCUT2D eigenvalue weighted by Crippen LogP contribution is 2.22. The molecule has 106 valence electrons. The zero-order valence-electron chi connectivity index (χ0n) is 10.7. The molecule has 8 heteroatoms. The molecule has 0 atom stereocenters. The summed E-state index contributed by atoms with van der Waals surface area (Å²) in [6.07, 6.45) is 2.02. The SMILES string of the molecule is O=C(NCc1ccccc1)Oc1cnc2ncnn2c1Cl. The van der Waals surface area contributed by atoms with Crippen molar-refractivity contribution >= 4 is 23.5 Å². The van der Waals surface area contributed by atoms with Crippen molar-refractivity contribution in [2.75, 3.05) is 0 Å². The number of rotatable bonds is 3. The Bertz CT molecular complexity index is 775. The van der Waals surface area contributed by atoms with E-state index in [1.54, 1.807) is 0 Å². The van der Waals surface area contributed by atoms with E-state index < -0.39 is 6.09 Å². The molecule has 0 spiro atoms. The van der Waals surface area contributed by atoms with Crippen LogP contribution in [0.4, 0.5) is 4.79 Å². The van der Waals surface area contributed by atoms with Gasteiger partial charge in [0.25, 0.3) is 5.78 Å². The number of nitrogens with zero attached hydrogens (tertiary/aromatic N) is 4. The number of amides is 1. The van der Waals surface area contributed by atoms with Crippen LogP contribution in [0.15, 0.2) is 42.9 Å². The summed E-state index contributed by atoms with van der Waals surface area (Å²) >= 11 is 6.06. The fraction of sp³-hybridized carbons (Fsp3) is 0.0769. The maximum atomic E-state index is 11.7. The summed E-state index contributed by atoms with van der Waals surface area (Å²) in [5.74, 6) is 0.442. The van der Waals surface area contributed by atoms with Crippen molar-refractivity contribution in [3.05, 3.63) is 53.6 Å². The predicted octanol–water partition coefficient (Wildman–Crippen LogP) is 2.07. The van der Waals surface area contributed by atoms with Gasteiger partial charge < -0.3 is 10.1 Å². The number of benzene rings is 1. The van der Waals surface area contributed by atoms with Gasteiger partial charge in [-0.2, -0.15) is 14.6 Å². The number of nitrogens with one attached hydrogen (secondary N) is 1. The second-order valence-corrected chi connectivity index (χ2v) is 4.47. The molecular weight excluding hydrogens is 294 g/mol. The minimum atomic E-state index is -0.623. The Labute approximate surface area is 124 Å². The van der Waals surface area contributed by atoms with Crippen molar-refractivity contribution in [1.82, 2.24) is 24.9 Å². The predicted molar refractivity (Wildman–Crippen MR) is 75.1 cm³/mol. The van der Waals surface area contributed by atoms with Gasteiger partial charge in [0.2, 0.25) is 0 Å². The lowest BCUT2D eigenvalue weighted by molar-refractivity contribution is 0.199. The maximum Gasteiger partial charge on any atom is 0.413 e.